The largest absolute Gasteiger partial charge is 0.493 e. The molecule has 2 aromatic carbocycles. The molecule has 6 heteroatoms. The quantitative estimate of drug-likeness (QED) is 0.458. The molecule has 2 rings (SSSR count). The Hall–Kier alpha value is -2.41. The van der Waals surface area contributed by atoms with E-state index in [0.29, 0.717) is 11.3 Å². The van der Waals surface area contributed by atoms with Crippen molar-refractivity contribution in [3.8, 4) is 5.75 Å². The zero-order valence-corrected chi connectivity index (χ0v) is 15.7. The molecule has 1 unspecified atom stereocenters. The number of nitrogens with two attached hydrogens (primary N) is 1. The predicted octanol–water partition coefficient (Wildman–Crippen LogP) is 1.83. The highest BCUT2D eigenvalue weighted by molar-refractivity contribution is 5.72. The second-order valence-electron chi connectivity index (χ2n) is 6.67. The van der Waals surface area contributed by atoms with E-state index in [1.807, 2.05) is 13.0 Å². The van der Waals surface area contributed by atoms with Gasteiger partial charge in [-0.2, -0.15) is 0 Å². The van der Waals surface area contributed by atoms with Crippen LogP contribution in [0.5, 0.6) is 5.75 Å². The van der Waals surface area contributed by atoms with Gasteiger partial charge in [-0.05, 0) is 29.2 Å². The first kappa shape index (κ1) is 20.9. The Bertz CT molecular complexity index is 715. The lowest BCUT2D eigenvalue weighted by Gasteiger charge is -2.35. The van der Waals surface area contributed by atoms with Crippen molar-refractivity contribution in [3.63, 3.8) is 0 Å². The van der Waals surface area contributed by atoms with Gasteiger partial charge in [-0.15, -0.1) is 0 Å². The molecule has 0 spiro atoms. The normalized spacial score (nSPS) is 15.4. The van der Waals surface area contributed by atoms with Crippen LogP contribution in [-0.2, 0) is 21.7 Å². The van der Waals surface area contributed by atoms with E-state index >= 15 is 0 Å². The number of aliphatic hydroxyl groups is 2. The number of esters is 1. The third-order valence-electron chi connectivity index (χ3n) is 4.70. The molecule has 0 saturated heterocycles. The van der Waals surface area contributed by atoms with E-state index in [2.05, 4.69) is 4.74 Å². The summed E-state index contributed by atoms with van der Waals surface area (Å²) in [7, 11) is 1.35. The van der Waals surface area contributed by atoms with Gasteiger partial charge >= 0.3 is 5.97 Å². The lowest BCUT2D eigenvalue weighted by Crippen LogP contribution is -2.49. The first-order valence-electron chi connectivity index (χ1n) is 8.84. The Morgan fingerprint density at radius 1 is 1.15 bits per heavy atom. The zero-order chi connectivity index (χ0) is 19.9. The standard InChI is InChI=1S/C21H27NO5/c1-15(19(13-23)21(22,25)17-6-4-3-5-7-17)14-27-18-10-8-16(9-11-18)12-20(24)26-2/h3-11,15,19,23,25H,12-14,22H2,1-2H3/t15?,19-,21-/m1/s1. The number of hydrogen-bond donors (Lipinski definition) is 3. The molecule has 0 aliphatic heterocycles. The summed E-state index contributed by atoms with van der Waals surface area (Å²) in [6.45, 7) is 1.87. The molecule has 0 aliphatic carbocycles. The van der Waals surface area contributed by atoms with E-state index < -0.39 is 11.6 Å². The van der Waals surface area contributed by atoms with E-state index in [0.717, 1.165) is 5.56 Å². The monoisotopic (exact) mass is 373 g/mol. The first-order chi connectivity index (χ1) is 12.9. The third kappa shape index (κ3) is 5.53. The fourth-order valence-electron chi connectivity index (χ4n) is 2.96. The average Bonchev–Trinajstić information content (AvgIpc) is 2.68. The lowest BCUT2D eigenvalue weighted by atomic mass is 9.81. The number of hydrogen-bond acceptors (Lipinski definition) is 6. The Morgan fingerprint density at radius 2 is 1.78 bits per heavy atom. The van der Waals surface area contributed by atoms with Crippen molar-refractivity contribution in [1.29, 1.82) is 0 Å². The number of methoxy groups -OCH3 is 1. The highest BCUT2D eigenvalue weighted by atomic mass is 16.5. The Kier molecular flexibility index (Phi) is 7.36. The third-order valence-corrected chi connectivity index (χ3v) is 4.70. The van der Waals surface area contributed by atoms with Gasteiger partial charge in [0.15, 0.2) is 0 Å². The molecule has 0 aromatic heterocycles. The molecule has 6 nitrogen and oxygen atoms in total. The SMILES string of the molecule is COC(=O)Cc1ccc(OCC(C)[C@@H](CO)[C@](N)(O)c2ccccc2)cc1. The van der Waals surface area contributed by atoms with Crippen molar-refractivity contribution in [3.05, 3.63) is 65.7 Å². The summed E-state index contributed by atoms with van der Waals surface area (Å²) in [5.41, 5.74) is 5.85. The molecule has 0 fully saturated rings. The van der Waals surface area contributed by atoms with Gasteiger partial charge in [0.25, 0.3) is 0 Å². The topological polar surface area (TPSA) is 102 Å². The Balaban J connectivity index is 1.98. The van der Waals surface area contributed by atoms with Gasteiger partial charge in [0, 0.05) is 5.92 Å². The highest BCUT2D eigenvalue weighted by Crippen LogP contribution is 2.30. The molecule has 0 radical (unpaired) electrons. The summed E-state index contributed by atoms with van der Waals surface area (Å²) in [6.07, 6.45) is 0.205. The summed E-state index contributed by atoms with van der Waals surface area (Å²) in [5.74, 6) is -0.475. The van der Waals surface area contributed by atoms with Crippen LogP contribution in [0, 0.1) is 11.8 Å². The maximum Gasteiger partial charge on any atom is 0.309 e. The van der Waals surface area contributed by atoms with E-state index in [9.17, 15) is 15.0 Å². The molecule has 3 atom stereocenters. The molecular formula is C21H27NO5. The van der Waals surface area contributed by atoms with Gasteiger partial charge in [0.1, 0.15) is 11.5 Å². The van der Waals surface area contributed by atoms with Crippen molar-refractivity contribution in [2.24, 2.45) is 17.6 Å². The summed E-state index contributed by atoms with van der Waals surface area (Å²) in [6, 6.07) is 16.0. The summed E-state index contributed by atoms with van der Waals surface area (Å²) in [4.78, 5) is 11.3. The van der Waals surface area contributed by atoms with Gasteiger partial charge in [-0.25, -0.2) is 0 Å². The molecule has 0 amide bonds. The number of rotatable bonds is 9. The molecule has 0 saturated carbocycles. The molecule has 0 heterocycles. The van der Waals surface area contributed by atoms with Crippen LogP contribution in [0.3, 0.4) is 0 Å². The molecule has 0 bridgehead atoms. The number of benzene rings is 2. The van der Waals surface area contributed by atoms with Gasteiger partial charge < -0.3 is 19.7 Å². The molecule has 2 aromatic rings. The smallest absolute Gasteiger partial charge is 0.309 e. The van der Waals surface area contributed by atoms with Gasteiger partial charge in [-0.3, -0.25) is 10.5 Å². The van der Waals surface area contributed by atoms with Crippen molar-refractivity contribution in [2.45, 2.75) is 19.1 Å². The average molecular weight is 373 g/mol. The number of aliphatic hydroxyl groups excluding tert-OH is 1. The number of ether oxygens (including phenoxy) is 2. The summed E-state index contributed by atoms with van der Waals surface area (Å²) in [5, 5.41) is 20.6. The van der Waals surface area contributed by atoms with Crippen LogP contribution < -0.4 is 10.5 Å². The molecule has 4 N–H and O–H groups in total. The maximum atomic E-state index is 11.3. The Morgan fingerprint density at radius 3 is 2.33 bits per heavy atom. The first-order valence-corrected chi connectivity index (χ1v) is 8.84. The van der Waals surface area contributed by atoms with Gasteiger partial charge in [0.05, 0.1) is 26.7 Å². The van der Waals surface area contributed by atoms with Gasteiger partial charge in [-0.1, -0.05) is 49.4 Å². The second-order valence-corrected chi connectivity index (χ2v) is 6.67. The Labute approximate surface area is 159 Å². The second kappa shape index (κ2) is 9.50. The summed E-state index contributed by atoms with van der Waals surface area (Å²) >= 11 is 0. The maximum absolute atomic E-state index is 11.3. The number of carbonyl (C=O) groups is 1. The van der Waals surface area contributed by atoms with Crippen LogP contribution in [0.2, 0.25) is 0 Å². The van der Waals surface area contributed by atoms with Crippen LogP contribution in [0.15, 0.2) is 54.6 Å². The minimum absolute atomic E-state index is 0.205. The van der Waals surface area contributed by atoms with E-state index in [1.54, 1.807) is 48.5 Å². The fraction of sp³-hybridized carbons (Fsp3) is 0.381. The van der Waals surface area contributed by atoms with E-state index in [4.69, 9.17) is 10.5 Å². The minimum atomic E-state index is -1.66. The molecular weight excluding hydrogens is 346 g/mol. The fourth-order valence-corrected chi connectivity index (χ4v) is 2.96. The van der Waals surface area contributed by atoms with Crippen molar-refractivity contribution < 1.29 is 24.5 Å². The zero-order valence-electron chi connectivity index (χ0n) is 15.7. The molecule has 146 valence electrons. The van der Waals surface area contributed by atoms with Crippen LogP contribution in [-0.4, -0.2) is 36.5 Å². The van der Waals surface area contributed by atoms with Crippen molar-refractivity contribution in [1.82, 2.24) is 0 Å². The van der Waals surface area contributed by atoms with Crippen molar-refractivity contribution >= 4 is 5.97 Å². The molecule has 0 aliphatic rings. The van der Waals surface area contributed by atoms with E-state index in [-0.39, 0.29) is 31.5 Å². The highest BCUT2D eigenvalue weighted by Gasteiger charge is 2.37. The minimum Gasteiger partial charge on any atom is -0.493 e. The van der Waals surface area contributed by atoms with Crippen LogP contribution >= 0.6 is 0 Å². The van der Waals surface area contributed by atoms with Crippen LogP contribution in [0.4, 0.5) is 0 Å². The van der Waals surface area contributed by atoms with Crippen LogP contribution in [0.1, 0.15) is 18.1 Å². The van der Waals surface area contributed by atoms with Crippen molar-refractivity contribution in [2.75, 3.05) is 20.3 Å². The van der Waals surface area contributed by atoms with Crippen LogP contribution in [0.25, 0.3) is 0 Å². The lowest BCUT2D eigenvalue weighted by molar-refractivity contribution is -0.139. The van der Waals surface area contributed by atoms with E-state index in [1.165, 1.54) is 7.11 Å². The predicted molar refractivity (Wildman–Crippen MR) is 102 cm³/mol. The number of carbonyl (C=O) groups excluding carboxylic acids is 1. The summed E-state index contributed by atoms with van der Waals surface area (Å²) < 4.78 is 10.4. The molecule has 27 heavy (non-hydrogen) atoms. The van der Waals surface area contributed by atoms with Gasteiger partial charge in [0.2, 0.25) is 0 Å².